The van der Waals surface area contributed by atoms with E-state index in [9.17, 15) is 4.79 Å². The molecule has 0 bridgehead atoms. The second kappa shape index (κ2) is 5.84. The van der Waals surface area contributed by atoms with Crippen LogP contribution in [0.15, 0.2) is 29.6 Å². The van der Waals surface area contributed by atoms with Gasteiger partial charge in [0.15, 0.2) is 0 Å². The highest BCUT2D eigenvalue weighted by atomic mass is 32.1. The maximum atomic E-state index is 11.0. The Morgan fingerprint density at radius 3 is 2.58 bits per heavy atom. The Bertz CT molecular complexity index is 563. The lowest BCUT2D eigenvalue weighted by atomic mass is 10.1. The highest BCUT2D eigenvalue weighted by Crippen LogP contribution is 2.23. The minimum absolute atomic E-state index is 0.544. The normalized spacial score (nSPS) is 12.1. The number of benzene rings is 1. The third kappa shape index (κ3) is 3.32. The number of carboxylic acid groups (broad SMARTS) is 1. The van der Waals surface area contributed by atoms with Gasteiger partial charge in [0.1, 0.15) is 6.04 Å². The van der Waals surface area contributed by atoms with Gasteiger partial charge in [0.25, 0.3) is 0 Å². The zero-order chi connectivity index (χ0) is 13.8. The van der Waals surface area contributed by atoms with E-state index in [0.29, 0.717) is 6.42 Å². The number of thiazole rings is 1. The molecule has 0 aliphatic heterocycles. The molecule has 2 rings (SSSR count). The van der Waals surface area contributed by atoms with Gasteiger partial charge in [-0.3, -0.25) is 0 Å². The zero-order valence-corrected chi connectivity index (χ0v) is 11.7. The molecule has 2 aromatic rings. The standard InChI is InChI=1S/C14H16N2O2S/c1-3-12(14(17)18)16-11-6-4-10(5-7-11)13-8-19-9(2)15-13/h4-8,12,16H,3H2,1-2H3,(H,17,18). The number of carbonyl (C=O) groups is 1. The molecule has 1 heterocycles. The van der Waals surface area contributed by atoms with Crippen LogP contribution in [0.1, 0.15) is 18.4 Å². The van der Waals surface area contributed by atoms with Crippen LogP contribution in [0.2, 0.25) is 0 Å². The summed E-state index contributed by atoms with van der Waals surface area (Å²) < 4.78 is 0. The fourth-order valence-electron chi connectivity index (χ4n) is 1.77. The zero-order valence-electron chi connectivity index (χ0n) is 10.9. The lowest BCUT2D eigenvalue weighted by Gasteiger charge is -2.13. The summed E-state index contributed by atoms with van der Waals surface area (Å²) in [4.78, 5) is 15.4. The number of carboxylic acids is 1. The van der Waals surface area contributed by atoms with E-state index in [1.165, 1.54) is 0 Å². The van der Waals surface area contributed by atoms with Gasteiger partial charge in [0.2, 0.25) is 0 Å². The van der Waals surface area contributed by atoms with Crippen molar-refractivity contribution in [3.63, 3.8) is 0 Å². The molecule has 5 heteroatoms. The van der Waals surface area contributed by atoms with Crippen LogP contribution in [0.4, 0.5) is 5.69 Å². The van der Waals surface area contributed by atoms with Gasteiger partial charge in [-0.15, -0.1) is 11.3 Å². The van der Waals surface area contributed by atoms with E-state index in [4.69, 9.17) is 5.11 Å². The molecule has 0 spiro atoms. The second-order valence-electron chi connectivity index (χ2n) is 4.27. The summed E-state index contributed by atoms with van der Waals surface area (Å²) in [5.41, 5.74) is 2.81. The average Bonchev–Trinajstić information content (AvgIpc) is 2.83. The SMILES string of the molecule is CCC(Nc1ccc(-c2csc(C)n2)cc1)C(=O)O. The third-order valence-electron chi connectivity index (χ3n) is 2.85. The smallest absolute Gasteiger partial charge is 0.326 e. The number of nitrogens with one attached hydrogen (secondary N) is 1. The Hall–Kier alpha value is -1.88. The van der Waals surface area contributed by atoms with E-state index in [0.717, 1.165) is 22.0 Å². The van der Waals surface area contributed by atoms with E-state index < -0.39 is 12.0 Å². The molecule has 0 amide bonds. The minimum Gasteiger partial charge on any atom is -0.480 e. The first-order chi connectivity index (χ1) is 9.10. The van der Waals surface area contributed by atoms with Gasteiger partial charge >= 0.3 is 5.97 Å². The molecule has 1 atom stereocenters. The van der Waals surface area contributed by atoms with E-state index in [1.807, 2.05) is 43.5 Å². The van der Waals surface area contributed by atoms with Crippen LogP contribution >= 0.6 is 11.3 Å². The molecule has 0 radical (unpaired) electrons. The molecule has 19 heavy (non-hydrogen) atoms. The summed E-state index contributed by atoms with van der Waals surface area (Å²) in [6, 6.07) is 7.12. The summed E-state index contributed by atoms with van der Waals surface area (Å²) >= 11 is 1.62. The van der Waals surface area contributed by atoms with Crippen molar-refractivity contribution in [1.29, 1.82) is 0 Å². The van der Waals surface area contributed by atoms with Crippen LogP contribution in [-0.2, 0) is 4.79 Å². The van der Waals surface area contributed by atoms with Crippen molar-refractivity contribution in [2.24, 2.45) is 0 Å². The Morgan fingerprint density at radius 2 is 2.11 bits per heavy atom. The molecule has 100 valence electrons. The van der Waals surface area contributed by atoms with Crippen molar-refractivity contribution >= 4 is 23.0 Å². The molecule has 1 unspecified atom stereocenters. The predicted octanol–water partition coefficient (Wildman–Crippen LogP) is 3.39. The largest absolute Gasteiger partial charge is 0.480 e. The van der Waals surface area contributed by atoms with Gasteiger partial charge in [-0.05, 0) is 25.5 Å². The highest BCUT2D eigenvalue weighted by Gasteiger charge is 2.14. The number of rotatable bonds is 5. The first kappa shape index (κ1) is 13.5. The molecule has 0 aliphatic rings. The molecule has 2 N–H and O–H groups in total. The first-order valence-corrected chi connectivity index (χ1v) is 7.00. The Labute approximate surface area is 116 Å². The number of aliphatic carboxylic acids is 1. The maximum Gasteiger partial charge on any atom is 0.326 e. The molecule has 0 fully saturated rings. The Balaban J connectivity index is 2.12. The molecular formula is C14H16N2O2S. The fourth-order valence-corrected chi connectivity index (χ4v) is 2.39. The van der Waals surface area contributed by atoms with Gasteiger partial charge in [-0.2, -0.15) is 0 Å². The summed E-state index contributed by atoms with van der Waals surface area (Å²) in [5.74, 6) is -0.832. The van der Waals surface area contributed by atoms with Gasteiger partial charge in [0, 0.05) is 16.6 Å². The summed E-state index contributed by atoms with van der Waals surface area (Å²) in [7, 11) is 0. The van der Waals surface area contributed by atoms with Crippen molar-refractivity contribution in [3.05, 3.63) is 34.7 Å². The van der Waals surface area contributed by atoms with Crippen LogP contribution in [-0.4, -0.2) is 22.1 Å². The number of anilines is 1. The first-order valence-electron chi connectivity index (χ1n) is 6.12. The lowest BCUT2D eigenvalue weighted by Crippen LogP contribution is -2.28. The topological polar surface area (TPSA) is 62.2 Å². The number of hydrogen-bond donors (Lipinski definition) is 2. The quantitative estimate of drug-likeness (QED) is 0.878. The van der Waals surface area contributed by atoms with Crippen LogP contribution in [0.5, 0.6) is 0 Å². The number of nitrogens with zero attached hydrogens (tertiary/aromatic N) is 1. The van der Waals surface area contributed by atoms with Crippen LogP contribution in [0.3, 0.4) is 0 Å². The monoisotopic (exact) mass is 276 g/mol. The van der Waals surface area contributed by atoms with Crippen molar-refractivity contribution in [1.82, 2.24) is 4.98 Å². The Morgan fingerprint density at radius 1 is 1.42 bits per heavy atom. The molecule has 0 aliphatic carbocycles. The number of aryl methyl sites for hydroxylation is 1. The predicted molar refractivity (Wildman–Crippen MR) is 77.6 cm³/mol. The average molecular weight is 276 g/mol. The number of aromatic nitrogens is 1. The van der Waals surface area contributed by atoms with Gasteiger partial charge in [-0.25, -0.2) is 9.78 Å². The third-order valence-corrected chi connectivity index (χ3v) is 3.62. The van der Waals surface area contributed by atoms with Crippen LogP contribution < -0.4 is 5.32 Å². The van der Waals surface area contributed by atoms with Gasteiger partial charge < -0.3 is 10.4 Å². The van der Waals surface area contributed by atoms with Gasteiger partial charge in [0.05, 0.1) is 10.7 Å². The lowest BCUT2D eigenvalue weighted by molar-refractivity contribution is -0.137. The van der Waals surface area contributed by atoms with E-state index in [1.54, 1.807) is 11.3 Å². The second-order valence-corrected chi connectivity index (χ2v) is 5.33. The van der Waals surface area contributed by atoms with E-state index in [2.05, 4.69) is 10.3 Å². The molecule has 4 nitrogen and oxygen atoms in total. The summed E-state index contributed by atoms with van der Waals surface area (Å²) in [6.45, 7) is 3.82. The molecule has 1 aromatic heterocycles. The highest BCUT2D eigenvalue weighted by molar-refractivity contribution is 7.09. The van der Waals surface area contributed by atoms with Crippen LogP contribution in [0.25, 0.3) is 11.3 Å². The molecule has 1 aromatic carbocycles. The molecule has 0 saturated heterocycles. The Kier molecular flexibility index (Phi) is 4.16. The van der Waals surface area contributed by atoms with Crippen molar-refractivity contribution in [2.45, 2.75) is 26.3 Å². The minimum atomic E-state index is -0.832. The van der Waals surface area contributed by atoms with Gasteiger partial charge in [-0.1, -0.05) is 19.1 Å². The van der Waals surface area contributed by atoms with E-state index in [-0.39, 0.29) is 0 Å². The van der Waals surface area contributed by atoms with E-state index >= 15 is 0 Å². The van der Waals surface area contributed by atoms with Crippen molar-refractivity contribution in [2.75, 3.05) is 5.32 Å². The summed E-state index contributed by atoms with van der Waals surface area (Å²) in [5, 5.41) is 15.0. The number of hydrogen-bond acceptors (Lipinski definition) is 4. The molecular weight excluding hydrogens is 260 g/mol. The van der Waals surface area contributed by atoms with Crippen molar-refractivity contribution < 1.29 is 9.90 Å². The van der Waals surface area contributed by atoms with Crippen LogP contribution in [0, 0.1) is 6.92 Å². The van der Waals surface area contributed by atoms with Crippen molar-refractivity contribution in [3.8, 4) is 11.3 Å². The maximum absolute atomic E-state index is 11.0. The fraction of sp³-hybridized carbons (Fsp3) is 0.286. The summed E-state index contributed by atoms with van der Waals surface area (Å²) in [6.07, 6.45) is 0.544. The molecule has 0 saturated carbocycles.